The molecule has 94 heavy (non-hydrogen) atoms. The molecule has 0 aromatic rings. The number of aliphatic hydroxyl groups excluding tert-OH is 6. The Hall–Kier alpha value is 5.39. The van der Waals surface area contributed by atoms with E-state index in [4.69, 9.17) is 47.4 Å². The number of carbonyl (C=O) groups is 2. The van der Waals surface area contributed by atoms with Crippen molar-refractivity contribution in [2.45, 2.75) is 153 Å². The van der Waals surface area contributed by atoms with Crippen molar-refractivity contribution in [3.63, 3.8) is 0 Å². The number of methoxy groups -OCH3 is 1. The van der Waals surface area contributed by atoms with Gasteiger partial charge < -0.3 is 125 Å². The zero-order chi connectivity index (χ0) is 64.9. The topological polar surface area (TPSA) is 754 Å². The van der Waals surface area contributed by atoms with Crippen LogP contribution in [0.1, 0.15) is 0 Å². The van der Waals surface area contributed by atoms with Gasteiger partial charge in [-0.25, -0.2) is 68.4 Å². The molecule has 0 aliphatic carbocycles. The van der Waals surface area contributed by atoms with Gasteiger partial charge in [-0.15, -0.1) is 0 Å². The first-order chi connectivity index (χ1) is 39.1. The van der Waals surface area contributed by atoms with Crippen LogP contribution in [0.2, 0.25) is 0 Å². The van der Waals surface area contributed by atoms with Crippen LogP contribution in [0.4, 0.5) is 0 Å². The van der Waals surface area contributed by atoms with Crippen molar-refractivity contribution in [2.75, 3.05) is 26.9 Å². The molecule has 0 radical (unpaired) electrons. The average molecular weight is 1590 g/mol. The van der Waals surface area contributed by atoms with Crippen molar-refractivity contribution >= 4 is 84.5 Å². The van der Waals surface area contributed by atoms with Crippen LogP contribution in [0, 0.1) is 0 Å². The summed E-state index contributed by atoms with van der Waals surface area (Å²) < 4.78 is 324. The van der Waals surface area contributed by atoms with Crippen LogP contribution in [0.3, 0.4) is 0 Å². The van der Waals surface area contributed by atoms with E-state index in [-0.39, 0.29) is 236 Å². The van der Waals surface area contributed by atoms with E-state index < -0.39 is 258 Å². The summed E-state index contributed by atoms with van der Waals surface area (Å²) in [7, 11) is -40.7. The van der Waals surface area contributed by atoms with Gasteiger partial charge in [-0.3, -0.25) is 25.7 Å². The Morgan fingerprint density at radius 1 is 0.457 bits per heavy atom. The van der Waals surface area contributed by atoms with E-state index in [1.165, 1.54) is 4.72 Å². The van der Waals surface area contributed by atoms with E-state index in [2.05, 4.69) is 20.9 Å². The van der Waals surface area contributed by atoms with Crippen LogP contribution in [0.25, 0.3) is 0 Å². The number of rotatable bonds is 25. The summed E-state index contributed by atoms with van der Waals surface area (Å²) in [6.07, 6.45) is -60.4. The largest absolute Gasteiger partial charge is 1.00 e. The summed E-state index contributed by atoms with van der Waals surface area (Å²) in [5, 5.41) is 81.2. The Morgan fingerprint density at radius 3 is 1.33 bits per heavy atom. The van der Waals surface area contributed by atoms with E-state index >= 15 is 0 Å². The third-order valence-electron chi connectivity index (χ3n) is 12.4. The summed E-state index contributed by atoms with van der Waals surface area (Å²) in [5.74, 6) is -4.44. The minimum atomic E-state index is -6.37. The van der Waals surface area contributed by atoms with Gasteiger partial charge in [-0.1, -0.05) is 0 Å². The van der Waals surface area contributed by atoms with Gasteiger partial charge in [-0.05, 0) is 0 Å². The number of hydrogen-bond acceptors (Lipinski definition) is 45. The fourth-order valence-electron chi connectivity index (χ4n) is 9.06. The molecule has 0 unspecified atom stereocenters. The maximum atomic E-state index is 14.2. The van der Waals surface area contributed by atoms with Crippen molar-refractivity contribution in [3.05, 3.63) is 0 Å². The molecule has 0 saturated carbocycles. The number of ether oxygens (including phenoxy) is 10. The second kappa shape index (κ2) is 41.8. The van der Waals surface area contributed by atoms with Crippen LogP contribution in [0.5, 0.6) is 0 Å². The van der Waals surface area contributed by atoms with Crippen molar-refractivity contribution < 1.29 is 441 Å². The number of fused-ring (bicyclic) bond motifs is 2. The third kappa shape index (κ3) is 30.1. The van der Waals surface area contributed by atoms with Gasteiger partial charge in [-0.2, -0.15) is 0 Å². The quantitative estimate of drug-likeness (QED) is 0.0233. The van der Waals surface area contributed by atoms with E-state index in [1.54, 1.807) is 0 Å². The summed E-state index contributed by atoms with van der Waals surface area (Å²) >= 11 is 0. The number of hydrogen-bond donors (Lipinski definition) is 9. The molecule has 25 atom stereocenters. The monoisotopic (exact) mass is 1580 g/mol. The SMILES string of the molecule is CO[C@H]1O[C@H](COS(=O)(=O)[O-])[C@@H](O[C@@H]2O[C@H]3C(=O)N[C@H]4[C@H](O[C@@H]3[C@H](O)[C@H]2OS(=O)(=O)[O-])O[C@H](COS(=O)(=O)[O-])[C@@H](O[C@@H]2O[C@H](C(=O)[O-])[C@@H](O[C@H]3O[C@H](COS(=O)(=O)[O-])[C@@H](O)[C@H](O)[C@H]3NS(=O)(=O)[O-])[C@H](O)[C@H]2O)[C@@H]4OS(=O)(=O)[O-])[C@H](O)[C@H]1NS(=O)(=O)[O-].[Na+].[Na+].[Na+].[Na+].[Na+].[Na+].[Na+].[Na+]. The molecule has 6 heterocycles. The van der Waals surface area contributed by atoms with Gasteiger partial charge >= 0.3 is 236 Å². The van der Waals surface area contributed by atoms with Crippen molar-refractivity contribution in [3.8, 4) is 0 Å². The van der Waals surface area contributed by atoms with E-state index in [0.29, 0.717) is 0 Å². The molecule has 6 saturated heterocycles. The molecule has 0 spiro atoms. The van der Waals surface area contributed by atoms with E-state index in [9.17, 15) is 136 Å². The Balaban J connectivity index is -0.0000104. The molecule has 0 bridgehead atoms. The fraction of sp³-hybridized carbons (Fsp3) is 0.935. The molecule has 9 N–H and O–H groups in total. The van der Waals surface area contributed by atoms with Gasteiger partial charge in [0.2, 0.25) is 52.0 Å². The summed E-state index contributed by atoms with van der Waals surface area (Å²) in [6.45, 7) is -4.97. The molecule has 6 fully saturated rings. The Bertz CT molecular complexity index is 3270. The van der Waals surface area contributed by atoms with Crippen LogP contribution in [0.15, 0.2) is 0 Å². The standard InChI is InChI=1S/C31H51N3O45S7.8Na/c1-65-27-9(34-81(47,48)49)13(37)17(6(70-27)3-67-83(53,54)55)72-31-22(79-86(62,63)64)16(40)21-23(76-31)25(41)32-10-19(78-85(59,60)61)18(7(71-29(10)75-21)4-68-84(56,57)58)73-30-15(39)14(38)20(24(77-30)26(42)43)74-28-8(33-80(44,45)46)12(36)11(35)5(69-28)2-66-82(50,51)52;;;;;;;;/h5-24,27-31,33-40H,2-4H2,1H3,(H,32,41)(H,42,43)(H,44,45,46)(H,47,48,49)(H,50,51,52)(H,53,54,55)(H,56,57,58)(H,59,60,61)(H,62,63,64);;;;;;;;/q;8*+1/p-8/t5-,6-,7-,8-,9-,10-,11-,12-,13-,14-,15-,16+,17-,18-,19-,20+,21-,22-,23-,24+,27+,28-,29+,30-,31-;;;;;;;;/m1......../s1. The first kappa shape index (κ1) is 104. The second-order valence-corrected chi connectivity index (χ2v) is 25.6. The maximum absolute atomic E-state index is 14.2. The first-order valence-corrected chi connectivity index (χ1v) is 32.2. The van der Waals surface area contributed by atoms with Crippen molar-refractivity contribution in [2.24, 2.45) is 0 Å². The number of carbonyl (C=O) groups excluding carboxylic acids is 2. The van der Waals surface area contributed by atoms with E-state index in [0.717, 1.165) is 11.8 Å². The van der Waals surface area contributed by atoms with Crippen LogP contribution in [-0.4, -0.2) is 314 Å². The number of carboxylic acids is 1. The molecule has 0 aromatic heterocycles. The van der Waals surface area contributed by atoms with Gasteiger partial charge in [0, 0.05) is 7.11 Å². The zero-order valence-corrected chi connectivity index (χ0v) is 71.2. The Kier molecular flexibility index (Phi) is 46.1. The van der Waals surface area contributed by atoms with Gasteiger partial charge in [0.1, 0.15) is 110 Å². The minimum Gasteiger partial charge on any atom is -0.735 e. The summed E-state index contributed by atoms with van der Waals surface area (Å²) in [6, 6.07) is -7.62. The van der Waals surface area contributed by atoms with Gasteiger partial charge in [0.15, 0.2) is 64.3 Å². The molecule has 63 heteroatoms. The molecule has 502 valence electrons. The third-order valence-corrected chi connectivity index (χ3v) is 15.7. The number of aliphatic hydroxyl groups is 6. The second-order valence-electron chi connectivity index (χ2n) is 18.1. The molecule has 6 aliphatic rings. The Labute approximate surface area is 709 Å². The molecule has 0 aromatic carbocycles. The molecular weight excluding hydrogens is 1540 g/mol. The Morgan fingerprint density at radius 2 is 0.883 bits per heavy atom. The van der Waals surface area contributed by atoms with Crippen LogP contribution < -0.4 is 256 Å². The molecule has 6 aliphatic heterocycles. The normalized spacial score (nSPS) is 37.2. The van der Waals surface area contributed by atoms with E-state index in [1.807, 2.05) is 5.32 Å². The van der Waals surface area contributed by atoms with Crippen LogP contribution >= 0.6 is 0 Å². The van der Waals surface area contributed by atoms with Crippen LogP contribution in [-0.2, 0) is 150 Å². The fourth-order valence-corrected chi connectivity index (χ4v) is 12.1. The van der Waals surface area contributed by atoms with Crippen molar-refractivity contribution in [1.29, 1.82) is 0 Å². The first-order valence-electron chi connectivity index (χ1n) is 22.7. The summed E-state index contributed by atoms with van der Waals surface area (Å²) in [5.41, 5.74) is 0. The molecular formula is C31H43N3Na8O45S7. The maximum Gasteiger partial charge on any atom is 1.00 e. The van der Waals surface area contributed by atoms with Crippen molar-refractivity contribution in [1.82, 2.24) is 14.8 Å². The minimum absolute atomic E-state index is 0. The molecule has 1 amide bonds. The average Bonchev–Trinajstić information content (AvgIpc) is 1.36. The number of nitrogens with one attached hydrogen (secondary N) is 3. The number of carboxylic acid groups (broad SMARTS) is 1. The summed E-state index contributed by atoms with van der Waals surface area (Å²) in [4.78, 5) is 26.9. The van der Waals surface area contributed by atoms with Gasteiger partial charge in [0.05, 0.1) is 25.8 Å². The van der Waals surface area contributed by atoms with Gasteiger partial charge in [0.25, 0.3) is 5.91 Å². The zero-order valence-electron chi connectivity index (χ0n) is 49.5. The predicted octanol–water partition coefficient (Wildman–Crippen LogP) is -40.8. The predicted molar refractivity (Wildman–Crippen MR) is 232 cm³/mol. The molecule has 48 nitrogen and oxygen atoms in total. The number of amides is 1. The molecule has 6 rings (SSSR count). The smallest absolute Gasteiger partial charge is 0.735 e. The number of aliphatic carboxylic acids is 1.